The van der Waals surface area contributed by atoms with Crippen LogP contribution in [0.25, 0.3) is 11.3 Å². The molecule has 0 atom stereocenters. The van der Waals surface area contributed by atoms with E-state index in [-0.39, 0.29) is 16.5 Å². The van der Waals surface area contributed by atoms with E-state index in [1.54, 1.807) is 6.07 Å². The minimum absolute atomic E-state index is 0.0268. The van der Waals surface area contributed by atoms with Crippen molar-refractivity contribution in [3.8, 4) is 17.0 Å². The van der Waals surface area contributed by atoms with Gasteiger partial charge in [0.05, 0.1) is 16.1 Å². The monoisotopic (exact) mass is 374 g/mol. The van der Waals surface area contributed by atoms with Gasteiger partial charge in [-0.25, -0.2) is 14.8 Å². The molecule has 5 nitrogen and oxygen atoms in total. The van der Waals surface area contributed by atoms with Crippen LogP contribution in [0.4, 0.5) is 13.2 Å². The Bertz CT molecular complexity index is 749. The van der Waals surface area contributed by atoms with E-state index in [1.807, 2.05) is 0 Å². The molecule has 0 aliphatic heterocycles. The average Bonchev–Trinajstić information content (AvgIpc) is 2.64. The Morgan fingerprint density at radius 3 is 2.48 bits per heavy atom. The van der Waals surface area contributed by atoms with Gasteiger partial charge in [0.2, 0.25) is 5.82 Å². The number of rotatable bonds is 8. The zero-order chi connectivity index (χ0) is 18.4. The molecule has 134 valence electrons. The predicted molar refractivity (Wildman–Crippen MR) is 85.3 cm³/mol. The van der Waals surface area contributed by atoms with E-state index < -0.39 is 43.8 Å². The molecule has 0 amide bonds. The summed E-state index contributed by atoms with van der Waals surface area (Å²) in [5.41, 5.74) is -1.42. The number of nitrogens with zero attached hydrogens (tertiary/aromatic N) is 2. The van der Waals surface area contributed by atoms with E-state index >= 15 is 0 Å². The number of carboxylic acids is 1. The molecule has 0 radical (unpaired) electrons. The summed E-state index contributed by atoms with van der Waals surface area (Å²) in [5, 5.41) is 9.09. The second-order valence-electron chi connectivity index (χ2n) is 5.38. The van der Waals surface area contributed by atoms with Gasteiger partial charge in [-0.3, -0.25) is 13.2 Å². The van der Waals surface area contributed by atoms with Crippen molar-refractivity contribution in [1.82, 2.24) is 9.97 Å². The van der Waals surface area contributed by atoms with Gasteiger partial charge >= 0.3 is 5.97 Å². The smallest absolute Gasteiger partial charge is 0.373 e. The average molecular weight is 375 g/mol. The Morgan fingerprint density at radius 1 is 1.20 bits per heavy atom. The molecule has 2 rings (SSSR count). The quantitative estimate of drug-likeness (QED) is 0.761. The number of carbonyl (C=O) groups is 1. The molecule has 0 saturated heterocycles. The molecule has 0 spiro atoms. The number of ether oxygens (including phenoxy) is 1. The number of halogens is 4. The molecule has 0 unspecified atom stereocenters. The number of aromatic nitrogens is 2. The number of hydrogen-bond acceptors (Lipinski definition) is 4. The van der Waals surface area contributed by atoms with Crippen molar-refractivity contribution in [3.05, 3.63) is 41.3 Å². The first kappa shape index (κ1) is 19.0. The first-order valence-electron chi connectivity index (χ1n) is 7.12. The maximum absolute atomic E-state index is 13.0. The van der Waals surface area contributed by atoms with Gasteiger partial charge in [0.25, 0.3) is 0 Å². The summed E-state index contributed by atoms with van der Waals surface area (Å²) in [5.74, 6) is -1.73. The lowest BCUT2D eigenvalue weighted by Crippen LogP contribution is -2.35. The van der Waals surface area contributed by atoms with Crippen LogP contribution in [0, 0.1) is 5.41 Å². The van der Waals surface area contributed by atoms with Crippen LogP contribution in [0.1, 0.15) is 10.6 Å². The zero-order valence-electron chi connectivity index (χ0n) is 12.9. The highest BCUT2D eigenvalue weighted by atomic mass is 35.5. The molecule has 0 bridgehead atoms. The molecular weight excluding hydrogens is 361 g/mol. The molecule has 0 fully saturated rings. The number of carboxylic acid groups (broad SMARTS) is 1. The molecule has 25 heavy (non-hydrogen) atoms. The van der Waals surface area contributed by atoms with Gasteiger partial charge in [-0.15, -0.1) is 0 Å². The van der Waals surface area contributed by atoms with Crippen LogP contribution in [-0.2, 0) is 0 Å². The SMILES string of the molecule is O=C(O)c1nccc(-c2cccc(Cl)c2OCC(CF)(CF)CF)n1. The fraction of sp³-hybridized carbons (Fsp3) is 0.312. The first-order valence-corrected chi connectivity index (χ1v) is 7.50. The summed E-state index contributed by atoms with van der Waals surface area (Å²) >= 11 is 6.07. The molecule has 2 aromatic rings. The van der Waals surface area contributed by atoms with Gasteiger partial charge in [0.15, 0.2) is 0 Å². The Hall–Kier alpha value is -2.35. The van der Waals surface area contributed by atoms with Crippen molar-refractivity contribution >= 4 is 17.6 Å². The largest absolute Gasteiger partial charge is 0.490 e. The summed E-state index contributed by atoms with van der Waals surface area (Å²) in [4.78, 5) is 18.5. The molecule has 1 aromatic heterocycles. The van der Waals surface area contributed by atoms with E-state index in [2.05, 4.69) is 9.97 Å². The third-order valence-electron chi connectivity index (χ3n) is 3.46. The first-order chi connectivity index (χ1) is 12.0. The van der Waals surface area contributed by atoms with Crippen molar-refractivity contribution in [2.45, 2.75) is 0 Å². The highest BCUT2D eigenvalue weighted by molar-refractivity contribution is 6.32. The van der Waals surface area contributed by atoms with Crippen molar-refractivity contribution in [3.63, 3.8) is 0 Å². The lowest BCUT2D eigenvalue weighted by molar-refractivity contribution is 0.0545. The van der Waals surface area contributed by atoms with Crippen molar-refractivity contribution in [2.24, 2.45) is 5.41 Å². The van der Waals surface area contributed by atoms with Gasteiger partial charge in [-0.2, -0.15) is 0 Å². The van der Waals surface area contributed by atoms with E-state index in [1.165, 1.54) is 24.4 Å². The van der Waals surface area contributed by atoms with Gasteiger partial charge in [0, 0.05) is 11.8 Å². The fourth-order valence-corrected chi connectivity index (χ4v) is 2.15. The lowest BCUT2D eigenvalue weighted by Gasteiger charge is -2.25. The lowest BCUT2D eigenvalue weighted by atomic mass is 9.94. The van der Waals surface area contributed by atoms with Gasteiger partial charge < -0.3 is 9.84 Å². The summed E-state index contributed by atoms with van der Waals surface area (Å²) in [7, 11) is 0. The molecule has 0 saturated carbocycles. The van der Waals surface area contributed by atoms with Crippen LogP contribution in [0.5, 0.6) is 5.75 Å². The van der Waals surface area contributed by atoms with Gasteiger partial charge in [0.1, 0.15) is 32.4 Å². The molecule has 1 heterocycles. The van der Waals surface area contributed by atoms with E-state index in [4.69, 9.17) is 21.4 Å². The summed E-state index contributed by atoms with van der Waals surface area (Å²) in [6.07, 6.45) is 1.24. The van der Waals surface area contributed by atoms with Crippen molar-refractivity contribution in [1.29, 1.82) is 0 Å². The second-order valence-corrected chi connectivity index (χ2v) is 5.78. The highest BCUT2D eigenvalue weighted by Crippen LogP contribution is 2.36. The van der Waals surface area contributed by atoms with Crippen LogP contribution in [0.15, 0.2) is 30.5 Å². The Labute approximate surface area is 146 Å². The minimum atomic E-state index is -1.91. The fourth-order valence-electron chi connectivity index (χ4n) is 1.92. The van der Waals surface area contributed by atoms with Crippen LogP contribution in [0.2, 0.25) is 5.02 Å². The summed E-state index contributed by atoms with van der Waals surface area (Å²) in [6.45, 7) is -4.30. The highest BCUT2D eigenvalue weighted by Gasteiger charge is 2.33. The maximum atomic E-state index is 13.0. The van der Waals surface area contributed by atoms with Crippen LogP contribution in [0.3, 0.4) is 0 Å². The van der Waals surface area contributed by atoms with E-state index in [0.29, 0.717) is 5.56 Å². The number of aromatic carboxylic acids is 1. The number of para-hydroxylation sites is 1. The van der Waals surface area contributed by atoms with Crippen molar-refractivity contribution in [2.75, 3.05) is 26.6 Å². The topological polar surface area (TPSA) is 72.3 Å². The number of hydrogen-bond donors (Lipinski definition) is 1. The number of benzene rings is 1. The van der Waals surface area contributed by atoms with E-state index in [0.717, 1.165) is 0 Å². The maximum Gasteiger partial charge on any atom is 0.373 e. The molecule has 0 aliphatic rings. The molecule has 0 aliphatic carbocycles. The van der Waals surface area contributed by atoms with Crippen LogP contribution >= 0.6 is 11.6 Å². The zero-order valence-corrected chi connectivity index (χ0v) is 13.6. The third kappa shape index (κ3) is 4.19. The Kier molecular flexibility index (Phi) is 6.19. The number of alkyl halides is 3. The summed E-state index contributed by atoms with van der Waals surface area (Å²) < 4.78 is 44.4. The Balaban J connectivity index is 2.40. The summed E-state index contributed by atoms with van der Waals surface area (Å²) in [6, 6.07) is 6.01. The molecule has 9 heteroatoms. The molecule has 1 N–H and O–H groups in total. The van der Waals surface area contributed by atoms with Crippen molar-refractivity contribution < 1.29 is 27.8 Å². The normalized spacial score (nSPS) is 11.4. The van der Waals surface area contributed by atoms with Gasteiger partial charge in [-0.1, -0.05) is 17.7 Å². The molecule has 1 aromatic carbocycles. The predicted octanol–water partition coefficient (Wildman–Crippen LogP) is 3.77. The third-order valence-corrected chi connectivity index (χ3v) is 3.76. The van der Waals surface area contributed by atoms with Crippen LogP contribution in [-0.4, -0.2) is 47.7 Å². The molecular formula is C16H14ClF3N2O3. The second kappa shape index (κ2) is 8.15. The Morgan fingerprint density at radius 2 is 1.88 bits per heavy atom. The van der Waals surface area contributed by atoms with Gasteiger partial charge in [-0.05, 0) is 18.2 Å². The van der Waals surface area contributed by atoms with Crippen LogP contribution < -0.4 is 4.74 Å². The minimum Gasteiger partial charge on any atom is -0.490 e. The standard InChI is InChI=1S/C16H14ClF3N2O3/c17-11-3-1-2-10(12-4-5-21-14(22-12)15(23)24)13(11)25-9-16(6-18,7-19)8-20/h1-5H,6-9H2,(H,23,24). The van der Waals surface area contributed by atoms with E-state index in [9.17, 15) is 18.0 Å².